The third-order valence-corrected chi connectivity index (χ3v) is 3.72. The summed E-state index contributed by atoms with van der Waals surface area (Å²) in [6.45, 7) is 2.04. The molecule has 0 bridgehead atoms. The summed E-state index contributed by atoms with van der Waals surface area (Å²) < 4.78 is 0. The molecule has 0 radical (unpaired) electrons. The molecule has 0 aliphatic heterocycles. The summed E-state index contributed by atoms with van der Waals surface area (Å²) in [5.41, 5.74) is 2.18. The maximum Gasteiger partial charge on any atom is 0.248 e. The zero-order chi connectivity index (χ0) is 18.1. The molecule has 2 rings (SSSR count). The van der Waals surface area contributed by atoms with Crippen LogP contribution in [0.25, 0.3) is 6.08 Å². The van der Waals surface area contributed by atoms with E-state index in [1.807, 2.05) is 19.1 Å². The normalized spacial score (nSPS) is 10.6. The van der Waals surface area contributed by atoms with Crippen molar-refractivity contribution in [2.45, 2.75) is 26.2 Å². The molecule has 25 heavy (non-hydrogen) atoms. The van der Waals surface area contributed by atoms with E-state index in [2.05, 4.69) is 10.6 Å². The number of unbranched alkanes of at least 4 members (excludes halogenated alkanes) is 1. The van der Waals surface area contributed by atoms with E-state index in [1.165, 1.54) is 6.08 Å². The zero-order valence-electron chi connectivity index (χ0n) is 14.1. The van der Waals surface area contributed by atoms with E-state index >= 15 is 0 Å². The van der Waals surface area contributed by atoms with Gasteiger partial charge in [-0.15, -0.1) is 0 Å². The first kappa shape index (κ1) is 18.7. The molecule has 0 fully saturated rings. The van der Waals surface area contributed by atoms with Crippen LogP contribution in [0.5, 0.6) is 0 Å². The highest BCUT2D eigenvalue weighted by molar-refractivity contribution is 6.30. The number of benzene rings is 2. The van der Waals surface area contributed by atoms with Gasteiger partial charge in [-0.05, 0) is 48.4 Å². The molecule has 0 spiro atoms. The van der Waals surface area contributed by atoms with Gasteiger partial charge in [-0.3, -0.25) is 9.59 Å². The van der Waals surface area contributed by atoms with Crippen LogP contribution >= 0.6 is 11.6 Å². The Morgan fingerprint density at radius 2 is 1.72 bits per heavy atom. The lowest BCUT2D eigenvalue weighted by Gasteiger charge is -2.07. The summed E-state index contributed by atoms with van der Waals surface area (Å²) in [6, 6.07) is 14.3. The van der Waals surface area contributed by atoms with Crippen molar-refractivity contribution >= 4 is 40.9 Å². The monoisotopic (exact) mass is 356 g/mol. The van der Waals surface area contributed by atoms with Crippen molar-refractivity contribution in [3.63, 3.8) is 0 Å². The van der Waals surface area contributed by atoms with E-state index in [0.717, 1.165) is 18.4 Å². The zero-order valence-corrected chi connectivity index (χ0v) is 14.8. The fraction of sp³-hybridized carbons (Fsp3) is 0.200. The third-order valence-electron chi connectivity index (χ3n) is 3.47. The highest BCUT2D eigenvalue weighted by atomic mass is 35.5. The Hall–Kier alpha value is -2.59. The van der Waals surface area contributed by atoms with Crippen molar-refractivity contribution < 1.29 is 9.59 Å². The average Bonchev–Trinajstić information content (AvgIpc) is 2.60. The van der Waals surface area contributed by atoms with Crippen molar-refractivity contribution in [3.05, 3.63) is 65.2 Å². The van der Waals surface area contributed by atoms with Crippen molar-refractivity contribution in [2.24, 2.45) is 0 Å². The van der Waals surface area contributed by atoms with E-state index in [1.54, 1.807) is 42.5 Å². The lowest BCUT2D eigenvalue weighted by atomic mass is 10.2. The van der Waals surface area contributed by atoms with Crippen LogP contribution in [0.3, 0.4) is 0 Å². The molecule has 0 aliphatic rings. The van der Waals surface area contributed by atoms with Gasteiger partial charge in [0.2, 0.25) is 11.8 Å². The standard InChI is InChI=1S/C20H21ClN2O2/c1-2-3-7-19(24)22-17-5-4-6-18(14-17)23-20(25)13-10-15-8-11-16(21)12-9-15/h4-6,8-14H,2-3,7H2,1H3,(H,22,24)(H,23,25)/b13-10+. The van der Waals surface area contributed by atoms with Gasteiger partial charge in [0.15, 0.2) is 0 Å². The third kappa shape index (κ3) is 6.81. The summed E-state index contributed by atoms with van der Waals surface area (Å²) in [6.07, 6.45) is 5.50. The first-order valence-electron chi connectivity index (χ1n) is 8.21. The molecular formula is C20H21ClN2O2. The first-order chi connectivity index (χ1) is 12.1. The summed E-state index contributed by atoms with van der Waals surface area (Å²) >= 11 is 5.83. The Balaban J connectivity index is 1.93. The molecule has 2 aromatic rings. The van der Waals surface area contributed by atoms with Crippen LogP contribution in [0, 0.1) is 0 Å². The smallest absolute Gasteiger partial charge is 0.248 e. The minimum atomic E-state index is -0.246. The van der Waals surface area contributed by atoms with Crippen LogP contribution < -0.4 is 10.6 Å². The number of hydrogen-bond donors (Lipinski definition) is 2. The van der Waals surface area contributed by atoms with Crippen LogP contribution in [0.1, 0.15) is 31.7 Å². The van der Waals surface area contributed by atoms with Crippen LogP contribution in [-0.4, -0.2) is 11.8 Å². The van der Waals surface area contributed by atoms with Crippen molar-refractivity contribution in [2.75, 3.05) is 10.6 Å². The molecule has 4 nitrogen and oxygen atoms in total. The molecule has 0 unspecified atom stereocenters. The van der Waals surface area contributed by atoms with Crippen molar-refractivity contribution in [3.8, 4) is 0 Å². The number of hydrogen-bond acceptors (Lipinski definition) is 2. The van der Waals surface area contributed by atoms with Crippen LogP contribution in [-0.2, 0) is 9.59 Å². The molecule has 2 aromatic carbocycles. The minimum Gasteiger partial charge on any atom is -0.326 e. The number of carbonyl (C=O) groups is 2. The van der Waals surface area contributed by atoms with Gasteiger partial charge in [0.25, 0.3) is 0 Å². The van der Waals surface area contributed by atoms with E-state index in [0.29, 0.717) is 22.8 Å². The van der Waals surface area contributed by atoms with Gasteiger partial charge in [0, 0.05) is 28.9 Å². The molecule has 2 amide bonds. The molecule has 0 atom stereocenters. The van der Waals surface area contributed by atoms with E-state index in [9.17, 15) is 9.59 Å². The van der Waals surface area contributed by atoms with E-state index in [4.69, 9.17) is 11.6 Å². The molecule has 0 heterocycles. The quantitative estimate of drug-likeness (QED) is 0.676. The summed E-state index contributed by atoms with van der Waals surface area (Å²) in [7, 11) is 0. The second-order valence-corrected chi connectivity index (χ2v) is 6.04. The molecule has 2 N–H and O–H groups in total. The van der Waals surface area contributed by atoms with Crippen LogP contribution in [0.4, 0.5) is 11.4 Å². The Morgan fingerprint density at radius 3 is 2.40 bits per heavy atom. The minimum absolute atomic E-state index is 0.0204. The van der Waals surface area contributed by atoms with Gasteiger partial charge in [-0.25, -0.2) is 0 Å². The Labute approximate surface area is 152 Å². The number of carbonyl (C=O) groups excluding carboxylic acids is 2. The average molecular weight is 357 g/mol. The van der Waals surface area contributed by atoms with Gasteiger partial charge in [0.1, 0.15) is 0 Å². The van der Waals surface area contributed by atoms with Crippen LogP contribution in [0.15, 0.2) is 54.6 Å². The highest BCUT2D eigenvalue weighted by Crippen LogP contribution is 2.16. The fourth-order valence-electron chi connectivity index (χ4n) is 2.17. The van der Waals surface area contributed by atoms with Gasteiger partial charge in [0.05, 0.1) is 0 Å². The number of anilines is 2. The molecular weight excluding hydrogens is 336 g/mol. The highest BCUT2D eigenvalue weighted by Gasteiger charge is 2.03. The van der Waals surface area contributed by atoms with Gasteiger partial charge >= 0.3 is 0 Å². The van der Waals surface area contributed by atoms with Crippen LogP contribution in [0.2, 0.25) is 5.02 Å². The predicted octanol–water partition coefficient (Wildman–Crippen LogP) is 5.12. The Morgan fingerprint density at radius 1 is 1.04 bits per heavy atom. The fourth-order valence-corrected chi connectivity index (χ4v) is 2.29. The Kier molecular flexibility index (Phi) is 7.23. The van der Waals surface area contributed by atoms with Gasteiger partial charge < -0.3 is 10.6 Å². The number of rotatable bonds is 7. The second-order valence-electron chi connectivity index (χ2n) is 5.61. The van der Waals surface area contributed by atoms with Crippen molar-refractivity contribution in [1.29, 1.82) is 0 Å². The lowest BCUT2D eigenvalue weighted by molar-refractivity contribution is -0.116. The van der Waals surface area contributed by atoms with Gasteiger partial charge in [-0.2, -0.15) is 0 Å². The summed E-state index contributed by atoms with van der Waals surface area (Å²) in [5, 5.41) is 6.26. The molecule has 0 aliphatic carbocycles. The molecule has 130 valence electrons. The largest absolute Gasteiger partial charge is 0.326 e. The van der Waals surface area contributed by atoms with E-state index in [-0.39, 0.29) is 11.8 Å². The maximum atomic E-state index is 12.0. The predicted molar refractivity (Wildman–Crippen MR) is 104 cm³/mol. The molecule has 0 saturated heterocycles. The first-order valence-corrected chi connectivity index (χ1v) is 8.59. The molecule has 0 saturated carbocycles. The number of nitrogens with one attached hydrogen (secondary N) is 2. The molecule has 0 aromatic heterocycles. The number of amides is 2. The summed E-state index contributed by atoms with van der Waals surface area (Å²) in [5.74, 6) is -0.266. The van der Waals surface area contributed by atoms with E-state index < -0.39 is 0 Å². The summed E-state index contributed by atoms with van der Waals surface area (Å²) in [4.78, 5) is 23.8. The topological polar surface area (TPSA) is 58.2 Å². The lowest BCUT2D eigenvalue weighted by Crippen LogP contribution is -2.12. The van der Waals surface area contributed by atoms with Crippen molar-refractivity contribution in [1.82, 2.24) is 0 Å². The SMILES string of the molecule is CCCCC(=O)Nc1cccc(NC(=O)/C=C/c2ccc(Cl)cc2)c1. The second kappa shape index (κ2) is 9.64. The maximum absolute atomic E-state index is 12.0. The molecule has 5 heteroatoms. The Bertz CT molecular complexity index is 755. The number of halogens is 1. The van der Waals surface area contributed by atoms with Gasteiger partial charge in [-0.1, -0.05) is 43.1 Å².